The number of methoxy groups -OCH3 is 1. The third-order valence-electron chi connectivity index (χ3n) is 2.49. The van der Waals surface area contributed by atoms with Gasteiger partial charge in [0.2, 0.25) is 0 Å². The summed E-state index contributed by atoms with van der Waals surface area (Å²) in [5, 5.41) is 0. The first kappa shape index (κ1) is 16.1. The predicted molar refractivity (Wildman–Crippen MR) is 73.1 cm³/mol. The molecule has 0 amide bonds. The van der Waals surface area contributed by atoms with Gasteiger partial charge in [0.1, 0.15) is 0 Å². The summed E-state index contributed by atoms with van der Waals surface area (Å²) < 4.78 is 9.75. The van der Waals surface area contributed by atoms with Crippen LogP contribution in [0.2, 0.25) is 0 Å². The van der Waals surface area contributed by atoms with E-state index in [1.165, 1.54) is 7.11 Å². The SMILES string of the molecule is COC(=O)CN(C)Cc1cccnc1C(=O)OC(C)C. The Morgan fingerprint density at radius 2 is 2.10 bits per heavy atom. The molecular formula is C14H20N2O4. The molecule has 6 nitrogen and oxygen atoms in total. The summed E-state index contributed by atoms with van der Waals surface area (Å²) in [5.74, 6) is -0.787. The van der Waals surface area contributed by atoms with Crippen molar-refractivity contribution >= 4 is 11.9 Å². The van der Waals surface area contributed by atoms with E-state index in [9.17, 15) is 9.59 Å². The molecule has 1 aromatic heterocycles. The zero-order valence-electron chi connectivity index (χ0n) is 12.3. The number of carbonyl (C=O) groups is 2. The maximum atomic E-state index is 11.9. The second-order valence-corrected chi connectivity index (χ2v) is 4.71. The summed E-state index contributed by atoms with van der Waals surface area (Å²) >= 11 is 0. The maximum Gasteiger partial charge on any atom is 0.357 e. The standard InChI is InChI=1S/C14H20N2O4/c1-10(2)20-14(18)13-11(6-5-7-15-13)8-16(3)9-12(17)19-4/h5-7,10H,8-9H2,1-4H3. The molecule has 0 atom stereocenters. The summed E-state index contributed by atoms with van der Waals surface area (Å²) in [6.07, 6.45) is 1.34. The number of esters is 2. The van der Waals surface area contributed by atoms with E-state index in [0.717, 1.165) is 0 Å². The topological polar surface area (TPSA) is 68.7 Å². The number of carbonyl (C=O) groups excluding carboxylic acids is 2. The molecule has 0 aromatic carbocycles. The normalized spacial score (nSPS) is 10.7. The molecule has 1 heterocycles. The molecule has 0 aliphatic heterocycles. The van der Waals surface area contributed by atoms with E-state index in [0.29, 0.717) is 12.1 Å². The van der Waals surface area contributed by atoms with Gasteiger partial charge in [-0.1, -0.05) is 6.07 Å². The third kappa shape index (κ3) is 4.97. The minimum atomic E-state index is -0.456. The maximum absolute atomic E-state index is 11.9. The molecule has 0 N–H and O–H groups in total. The zero-order valence-corrected chi connectivity index (χ0v) is 12.3. The average molecular weight is 280 g/mol. The van der Waals surface area contributed by atoms with Crippen LogP contribution in [0.1, 0.15) is 29.9 Å². The van der Waals surface area contributed by atoms with E-state index in [-0.39, 0.29) is 24.3 Å². The molecule has 0 bridgehead atoms. The van der Waals surface area contributed by atoms with Crippen LogP contribution in [0.3, 0.4) is 0 Å². The predicted octanol–water partition coefficient (Wildman–Crippen LogP) is 1.25. The van der Waals surface area contributed by atoms with Crippen molar-refractivity contribution in [1.82, 2.24) is 9.88 Å². The van der Waals surface area contributed by atoms with Gasteiger partial charge in [0.25, 0.3) is 0 Å². The van der Waals surface area contributed by atoms with E-state index in [1.807, 2.05) is 0 Å². The number of hydrogen-bond donors (Lipinski definition) is 0. The molecule has 0 aliphatic rings. The van der Waals surface area contributed by atoms with Gasteiger partial charge in [0.05, 0.1) is 19.8 Å². The molecule has 0 aliphatic carbocycles. The lowest BCUT2D eigenvalue weighted by Crippen LogP contribution is -2.27. The van der Waals surface area contributed by atoms with Crippen molar-refractivity contribution in [3.05, 3.63) is 29.6 Å². The van der Waals surface area contributed by atoms with Crippen molar-refractivity contribution in [1.29, 1.82) is 0 Å². The van der Waals surface area contributed by atoms with Gasteiger partial charge in [-0.25, -0.2) is 9.78 Å². The summed E-state index contributed by atoms with van der Waals surface area (Å²) in [5.41, 5.74) is 0.988. The van der Waals surface area contributed by atoms with Crippen LogP contribution in [0, 0.1) is 0 Å². The van der Waals surface area contributed by atoms with Crippen molar-refractivity contribution in [3.8, 4) is 0 Å². The van der Waals surface area contributed by atoms with E-state index >= 15 is 0 Å². The van der Waals surface area contributed by atoms with Crippen LogP contribution in [0.15, 0.2) is 18.3 Å². The van der Waals surface area contributed by atoms with Gasteiger partial charge in [-0.05, 0) is 32.5 Å². The van der Waals surface area contributed by atoms with Gasteiger partial charge in [0, 0.05) is 12.7 Å². The Bertz CT molecular complexity index is 474. The highest BCUT2D eigenvalue weighted by molar-refractivity contribution is 5.88. The van der Waals surface area contributed by atoms with Crippen molar-refractivity contribution in [2.75, 3.05) is 20.7 Å². The number of hydrogen-bond acceptors (Lipinski definition) is 6. The molecular weight excluding hydrogens is 260 g/mol. The van der Waals surface area contributed by atoms with E-state index in [2.05, 4.69) is 9.72 Å². The van der Waals surface area contributed by atoms with Crippen LogP contribution in [-0.2, 0) is 20.8 Å². The summed E-state index contributed by atoms with van der Waals surface area (Å²) in [6, 6.07) is 3.53. The lowest BCUT2D eigenvalue weighted by Gasteiger charge is -2.17. The molecule has 1 rings (SSSR count). The van der Waals surface area contributed by atoms with E-state index in [1.54, 1.807) is 44.1 Å². The molecule has 0 unspecified atom stereocenters. The highest BCUT2D eigenvalue weighted by atomic mass is 16.5. The van der Waals surface area contributed by atoms with E-state index < -0.39 is 5.97 Å². The number of aromatic nitrogens is 1. The lowest BCUT2D eigenvalue weighted by atomic mass is 10.2. The van der Waals surface area contributed by atoms with Gasteiger partial charge < -0.3 is 9.47 Å². The van der Waals surface area contributed by atoms with Gasteiger partial charge in [0.15, 0.2) is 5.69 Å². The van der Waals surface area contributed by atoms with Crippen LogP contribution in [0.4, 0.5) is 0 Å². The van der Waals surface area contributed by atoms with Crippen LogP contribution < -0.4 is 0 Å². The first-order valence-corrected chi connectivity index (χ1v) is 6.34. The second kappa shape index (κ2) is 7.59. The van der Waals surface area contributed by atoms with Gasteiger partial charge >= 0.3 is 11.9 Å². The van der Waals surface area contributed by atoms with Gasteiger partial charge in [-0.2, -0.15) is 0 Å². The molecule has 0 fully saturated rings. The fourth-order valence-electron chi connectivity index (χ4n) is 1.65. The molecule has 0 saturated heterocycles. The zero-order chi connectivity index (χ0) is 15.1. The molecule has 0 radical (unpaired) electrons. The number of ether oxygens (including phenoxy) is 2. The molecule has 6 heteroatoms. The largest absolute Gasteiger partial charge is 0.468 e. The van der Waals surface area contributed by atoms with Crippen molar-refractivity contribution in [2.24, 2.45) is 0 Å². The first-order chi connectivity index (χ1) is 9.43. The number of pyridine rings is 1. The van der Waals surface area contributed by atoms with Gasteiger partial charge in [-0.15, -0.1) is 0 Å². The average Bonchev–Trinajstić information content (AvgIpc) is 2.38. The van der Waals surface area contributed by atoms with Crippen LogP contribution in [0.25, 0.3) is 0 Å². The Kier molecular flexibility index (Phi) is 6.11. The monoisotopic (exact) mass is 280 g/mol. The van der Waals surface area contributed by atoms with Crippen LogP contribution in [0.5, 0.6) is 0 Å². The lowest BCUT2D eigenvalue weighted by molar-refractivity contribution is -0.141. The minimum absolute atomic E-state index is 0.143. The Labute approximate surface area is 118 Å². The Morgan fingerprint density at radius 1 is 1.40 bits per heavy atom. The first-order valence-electron chi connectivity index (χ1n) is 6.34. The Balaban J connectivity index is 2.80. The molecule has 1 aromatic rings. The van der Waals surface area contributed by atoms with Crippen molar-refractivity contribution in [3.63, 3.8) is 0 Å². The fourth-order valence-corrected chi connectivity index (χ4v) is 1.65. The van der Waals surface area contributed by atoms with Crippen molar-refractivity contribution in [2.45, 2.75) is 26.5 Å². The Morgan fingerprint density at radius 3 is 2.70 bits per heavy atom. The molecule has 0 spiro atoms. The summed E-state index contributed by atoms with van der Waals surface area (Å²) in [7, 11) is 3.10. The molecule has 20 heavy (non-hydrogen) atoms. The van der Waals surface area contributed by atoms with Gasteiger partial charge in [-0.3, -0.25) is 9.69 Å². The second-order valence-electron chi connectivity index (χ2n) is 4.71. The number of nitrogens with zero attached hydrogens (tertiary/aromatic N) is 2. The smallest absolute Gasteiger partial charge is 0.357 e. The highest BCUT2D eigenvalue weighted by Crippen LogP contribution is 2.11. The summed E-state index contributed by atoms with van der Waals surface area (Å²) in [4.78, 5) is 29.0. The number of likely N-dealkylation sites (N-methyl/N-ethyl adjacent to an activating group) is 1. The van der Waals surface area contributed by atoms with E-state index in [4.69, 9.17) is 4.74 Å². The fraction of sp³-hybridized carbons (Fsp3) is 0.500. The van der Waals surface area contributed by atoms with Crippen LogP contribution in [-0.4, -0.2) is 48.6 Å². The molecule has 0 saturated carbocycles. The number of rotatable bonds is 6. The summed E-state index contributed by atoms with van der Waals surface area (Å²) in [6.45, 7) is 4.11. The van der Waals surface area contributed by atoms with Crippen LogP contribution >= 0.6 is 0 Å². The highest BCUT2D eigenvalue weighted by Gasteiger charge is 2.17. The quantitative estimate of drug-likeness (QED) is 0.731. The Hall–Kier alpha value is -1.95. The third-order valence-corrected chi connectivity index (χ3v) is 2.49. The molecule has 110 valence electrons. The minimum Gasteiger partial charge on any atom is -0.468 e. The van der Waals surface area contributed by atoms with Crippen molar-refractivity contribution < 1.29 is 19.1 Å².